The Kier molecular flexibility index (Phi) is 4.98. The Morgan fingerprint density at radius 3 is 2.33 bits per heavy atom. The molecule has 0 spiro atoms. The van der Waals surface area contributed by atoms with Crippen LogP contribution in [0.3, 0.4) is 0 Å². The average molecular weight is 369 g/mol. The van der Waals surface area contributed by atoms with Crippen LogP contribution in [-0.2, 0) is 15.1 Å². The SMILES string of the molecule is COc1ccc(OCC(=O)NN2C(=O)N[C@](C)(c3ccccc3)C2=O)cc1. The highest BCUT2D eigenvalue weighted by molar-refractivity contribution is 6.08. The minimum absolute atomic E-state index is 0.356. The van der Waals surface area contributed by atoms with Crippen molar-refractivity contribution in [2.75, 3.05) is 13.7 Å². The number of rotatable bonds is 6. The van der Waals surface area contributed by atoms with E-state index in [9.17, 15) is 14.4 Å². The lowest BCUT2D eigenvalue weighted by molar-refractivity contribution is -0.139. The van der Waals surface area contributed by atoms with Crippen LogP contribution in [0.2, 0.25) is 0 Å². The van der Waals surface area contributed by atoms with Crippen molar-refractivity contribution in [2.24, 2.45) is 0 Å². The molecule has 1 fully saturated rings. The molecular formula is C19H19N3O5. The van der Waals surface area contributed by atoms with Crippen LogP contribution in [0.5, 0.6) is 11.5 Å². The number of methoxy groups -OCH3 is 1. The first-order chi connectivity index (χ1) is 12.9. The van der Waals surface area contributed by atoms with Gasteiger partial charge in [-0.05, 0) is 36.8 Å². The quantitative estimate of drug-likeness (QED) is 0.754. The summed E-state index contributed by atoms with van der Waals surface area (Å²) >= 11 is 0. The fourth-order valence-electron chi connectivity index (χ4n) is 2.69. The number of nitrogens with one attached hydrogen (secondary N) is 2. The predicted octanol–water partition coefficient (Wildman–Crippen LogP) is 1.57. The maximum absolute atomic E-state index is 12.7. The summed E-state index contributed by atoms with van der Waals surface area (Å²) in [7, 11) is 1.55. The molecule has 2 N–H and O–H groups in total. The van der Waals surface area contributed by atoms with Gasteiger partial charge in [0, 0.05) is 0 Å². The highest BCUT2D eigenvalue weighted by Gasteiger charge is 2.49. The summed E-state index contributed by atoms with van der Waals surface area (Å²) in [5, 5.41) is 3.28. The van der Waals surface area contributed by atoms with Gasteiger partial charge < -0.3 is 14.8 Å². The summed E-state index contributed by atoms with van der Waals surface area (Å²) in [4.78, 5) is 37.0. The first-order valence-electron chi connectivity index (χ1n) is 8.22. The summed E-state index contributed by atoms with van der Waals surface area (Å²) in [5.74, 6) is -0.0910. The number of ether oxygens (including phenoxy) is 2. The van der Waals surface area contributed by atoms with E-state index in [2.05, 4.69) is 10.7 Å². The standard InChI is InChI=1S/C19H19N3O5/c1-19(13-6-4-3-5-7-13)17(24)22(18(25)20-19)21-16(23)12-27-15-10-8-14(26-2)9-11-15/h3-11H,12H2,1-2H3,(H,20,25)(H,21,23)/t19-/m1/s1. The Morgan fingerprint density at radius 2 is 1.70 bits per heavy atom. The Bertz CT molecular complexity index is 853. The van der Waals surface area contributed by atoms with E-state index in [1.165, 1.54) is 0 Å². The van der Waals surface area contributed by atoms with Crippen LogP contribution >= 0.6 is 0 Å². The second-order valence-corrected chi connectivity index (χ2v) is 6.06. The Labute approximate surface area is 156 Å². The third-order valence-electron chi connectivity index (χ3n) is 4.21. The second kappa shape index (κ2) is 7.36. The van der Waals surface area contributed by atoms with Crippen molar-refractivity contribution >= 4 is 17.8 Å². The highest BCUT2D eigenvalue weighted by Crippen LogP contribution is 2.27. The van der Waals surface area contributed by atoms with Gasteiger partial charge in [-0.3, -0.25) is 15.0 Å². The van der Waals surface area contributed by atoms with Gasteiger partial charge in [0.15, 0.2) is 6.61 Å². The zero-order valence-corrected chi connectivity index (χ0v) is 14.9. The number of carbonyl (C=O) groups excluding carboxylic acids is 3. The van der Waals surface area contributed by atoms with E-state index in [1.807, 2.05) is 6.07 Å². The van der Waals surface area contributed by atoms with Crippen molar-refractivity contribution in [1.82, 2.24) is 15.8 Å². The molecule has 0 aliphatic carbocycles. The van der Waals surface area contributed by atoms with Crippen LogP contribution in [0.1, 0.15) is 12.5 Å². The predicted molar refractivity (Wildman–Crippen MR) is 95.8 cm³/mol. The molecule has 1 aliphatic rings. The third-order valence-corrected chi connectivity index (χ3v) is 4.21. The van der Waals surface area contributed by atoms with Crippen molar-refractivity contribution in [3.8, 4) is 11.5 Å². The molecule has 8 nitrogen and oxygen atoms in total. The Balaban J connectivity index is 1.62. The summed E-state index contributed by atoms with van der Waals surface area (Å²) in [6, 6.07) is 14.8. The summed E-state index contributed by atoms with van der Waals surface area (Å²) in [6.45, 7) is 1.23. The Morgan fingerprint density at radius 1 is 1.07 bits per heavy atom. The van der Waals surface area contributed by atoms with Crippen molar-refractivity contribution in [3.63, 3.8) is 0 Å². The highest BCUT2D eigenvalue weighted by atomic mass is 16.5. The molecule has 0 aromatic heterocycles. The smallest absolute Gasteiger partial charge is 0.344 e. The second-order valence-electron chi connectivity index (χ2n) is 6.06. The number of imide groups is 1. The molecule has 27 heavy (non-hydrogen) atoms. The molecule has 0 saturated carbocycles. The first kappa shape index (κ1) is 18.2. The van der Waals surface area contributed by atoms with Crippen molar-refractivity contribution in [2.45, 2.75) is 12.5 Å². The molecule has 140 valence electrons. The largest absolute Gasteiger partial charge is 0.497 e. The molecule has 3 rings (SSSR count). The van der Waals surface area contributed by atoms with E-state index in [-0.39, 0.29) is 6.61 Å². The molecule has 0 unspecified atom stereocenters. The maximum atomic E-state index is 12.7. The number of urea groups is 1. The first-order valence-corrected chi connectivity index (χ1v) is 8.22. The van der Waals surface area contributed by atoms with Gasteiger partial charge in [-0.15, -0.1) is 0 Å². The number of hydrogen-bond donors (Lipinski definition) is 2. The minimum atomic E-state index is -1.25. The molecule has 0 radical (unpaired) electrons. The fraction of sp³-hybridized carbons (Fsp3) is 0.211. The average Bonchev–Trinajstić information content (AvgIpc) is 2.91. The van der Waals surface area contributed by atoms with Crippen LogP contribution < -0.4 is 20.2 Å². The van der Waals surface area contributed by atoms with Crippen LogP contribution in [0, 0.1) is 0 Å². The van der Waals surface area contributed by atoms with E-state index < -0.39 is 23.4 Å². The monoisotopic (exact) mass is 369 g/mol. The van der Waals surface area contributed by atoms with Crippen LogP contribution in [0.4, 0.5) is 4.79 Å². The number of carbonyl (C=O) groups is 3. The number of hydrogen-bond acceptors (Lipinski definition) is 5. The molecule has 2 aromatic carbocycles. The van der Waals surface area contributed by atoms with Crippen LogP contribution in [0.15, 0.2) is 54.6 Å². The Hall–Kier alpha value is -3.55. The number of amides is 4. The number of hydrazine groups is 1. The molecule has 1 atom stereocenters. The molecule has 1 saturated heterocycles. The van der Waals surface area contributed by atoms with Gasteiger partial charge in [0.25, 0.3) is 11.8 Å². The molecule has 8 heteroatoms. The van der Waals surface area contributed by atoms with E-state index in [0.29, 0.717) is 22.1 Å². The lowest BCUT2D eigenvalue weighted by Crippen LogP contribution is -2.49. The van der Waals surface area contributed by atoms with Crippen molar-refractivity contribution < 1.29 is 23.9 Å². The van der Waals surface area contributed by atoms with Gasteiger partial charge in [-0.1, -0.05) is 30.3 Å². The van der Waals surface area contributed by atoms with Crippen LogP contribution in [0.25, 0.3) is 0 Å². The van der Waals surface area contributed by atoms with Gasteiger partial charge in [-0.2, -0.15) is 5.01 Å². The summed E-state index contributed by atoms with van der Waals surface area (Å²) in [6.07, 6.45) is 0. The molecule has 4 amide bonds. The zero-order chi connectivity index (χ0) is 19.4. The lowest BCUT2D eigenvalue weighted by atomic mass is 9.92. The fourth-order valence-corrected chi connectivity index (χ4v) is 2.69. The van der Waals surface area contributed by atoms with E-state index >= 15 is 0 Å². The molecule has 2 aromatic rings. The van der Waals surface area contributed by atoms with Gasteiger partial charge in [-0.25, -0.2) is 4.79 Å². The molecule has 1 aliphatic heterocycles. The maximum Gasteiger partial charge on any atom is 0.344 e. The third kappa shape index (κ3) is 3.69. The van der Waals surface area contributed by atoms with Gasteiger partial charge in [0.05, 0.1) is 7.11 Å². The van der Waals surface area contributed by atoms with Crippen LogP contribution in [-0.4, -0.2) is 36.6 Å². The summed E-state index contributed by atoms with van der Waals surface area (Å²) < 4.78 is 10.4. The van der Waals surface area contributed by atoms with E-state index in [0.717, 1.165) is 0 Å². The normalized spacial score (nSPS) is 18.8. The molecular weight excluding hydrogens is 350 g/mol. The topological polar surface area (TPSA) is 97.0 Å². The summed E-state index contributed by atoms with van der Waals surface area (Å²) in [5.41, 5.74) is 1.65. The zero-order valence-electron chi connectivity index (χ0n) is 14.9. The van der Waals surface area contributed by atoms with Crippen molar-refractivity contribution in [1.29, 1.82) is 0 Å². The number of benzene rings is 2. The van der Waals surface area contributed by atoms with E-state index in [1.54, 1.807) is 62.6 Å². The number of nitrogens with zero attached hydrogens (tertiary/aromatic N) is 1. The van der Waals surface area contributed by atoms with Gasteiger partial charge >= 0.3 is 6.03 Å². The molecule has 1 heterocycles. The lowest BCUT2D eigenvalue weighted by Gasteiger charge is -2.22. The minimum Gasteiger partial charge on any atom is -0.497 e. The van der Waals surface area contributed by atoms with Crippen molar-refractivity contribution in [3.05, 3.63) is 60.2 Å². The van der Waals surface area contributed by atoms with Gasteiger partial charge in [0.1, 0.15) is 17.0 Å². The molecule has 0 bridgehead atoms. The van der Waals surface area contributed by atoms with Gasteiger partial charge in [0.2, 0.25) is 0 Å². The van der Waals surface area contributed by atoms with E-state index in [4.69, 9.17) is 9.47 Å².